The molecule has 1 N–H and O–H groups in total. The lowest BCUT2D eigenvalue weighted by atomic mass is 10.2. The van der Waals surface area contributed by atoms with Crippen LogP contribution in [0, 0.1) is 6.92 Å². The molecule has 2 aromatic heterocycles. The molecule has 1 amide bonds. The number of carbonyl (C=O) groups excluding carboxylic acids is 1. The van der Waals surface area contributed by atoms with Gasteiger partial charge in [0.15, 0.2) is 0 Å². The third-order valence-electron chi connectivity index (χ3n) is 2.59. The molecule has 0 saturated heterocycles. The van der Waals surface area contributed by atoms with Crippen molar-refractivity contribution in [1.82, 2.24) is 15.4 Å². The molecule has 0 fully saturated rings. The maximum Gasteiger partial charge on any atom is 0.322 e. The molecule has 0 aliphatic carbocycles. The molecule has 0 aliphatic rings. The van der Waals surface area contributed by atoms with Crippen molar-refractivity contribution < 1.29 is 13.7 Å². The highest BCUT2D eigenvalue weighted by molar-refractivity contribution is 6.30. The van der Waals surface area contributed by atoms with Crippen LogP contribution >= 0.6 is 11.6 Å². The van der Waals surface area contributed by atoms with E-state index in [1.807, 2.05) is 0 Å². The first-order valence-corrected chi connectivity index (χ1v) is 6.34. The van der Waals surface area contributed by atoms with Gasteiger partial charge in [0.1, 0.15) is 0 Å². The van der Waals surface area contributed by atoms with Gasteiger partial charge in [-0.3, -0.25) is 10.1 Å². The van der Waals surface area contributed by atoms with Gasteiger partial charge in [-0.15, -0.1) is 5.10 Å². The summed E-state index contributed by atoms with van der Waals surface area (Å²) in [6, 6.07) is 8.36. The molecule has 3 rings (SSSR count). The second kappa shape index (κ2) is 5.37. The molecule has 8 heteroatoms. The quantitative estimate of drug-likeness (QED) is 0.799. The first kappa shape index (κ1) is 13.3. The van der Waals surface area contributed by atoms with Crippen molar-refractivity contribution >= 4 is 23.5 Å². The summed E-state index contributed by atoms with van der Waals surface area (Å²) in [7, 11) is 0. The number of nitrogens with zero attached hydrogens (tertiary/aromatic N) is 3. The van der Waals surface area contributed by atoms with Crippen LogP contribution in [0.2, 0.25) is 5.02 Å². The van der Waals surface area contributed by atoms with Gasteiger partial charge in [0.2, 0.25) is 11.7 Å². The molecule has 0 radical (unpaired) electrons. The van der Waals surface area contributed by atoms with Crippen LogP contribution in [0.4, 0.5) is 6.01 Å². The summed E-state index contributed by atoms with van der Waals surface area (Å²) >= 11 is 5.80. The molecule has 0 spiro atoms. The lowest BCUT2D eigenvalue weighted by molar-refractivity contribution is 0.0985. The van der Waals surface area contributed by atoms with E-state index in [0.717, 1.165) is 0 Å². The van der Waals surface area contributed by atoms with Crippen LogP contribution in [0.1, 0.15) is 16.2 Å². The van der Waals surface area contributed by atoms with Crippen molar-refractivity contribution in [3.05, 3.63) is 46.8 Å². The first-order chi connectivity index (χ1) is 10.1. The number of carbonyl (C=O) groups is 1. The molecule has 0 atom stereocenters. The Morgan fingerprint density at radius 3 is 2.67 bits per heavy atom. The summed E-state index contributed by atoms with van der Waals surface area (Å²) in [5, 5.41) is 14.3. The summed E-state index contributed by atoms with van der Waals surface area (Å²) in [6.07, 6.45) is 0. The highest BCUT2D eigenvalue weighted by Crippen LogP contribution is 2.21. The number of halogens is 1. The van der Waals surface area contributed by atoms with Crippen LogP contribution in [-0.4, -0.2) is 21.3 Å². The Morgan fingerprint density at radius 2 is 2.00 bits per heavy atom. The second-order valence-corrected chi connectivity index (χ2v) is 4.64. The van der Waals surface area contributed by atoms with Crippen molar-refractivity contribution in [2.24, 2.45) is 0 Å². The number of rotatable bonds is 3. The Kier molecular flexibility index (Phi) is 3.41. The SMILES string of the molecule is Cc1cc(C(=O)Nc2nnc(-c3ccc(Cl)cc3)o2)on1. The fourth-order valence-electron chi connectivity index (χ4n) is 1.61. The van der Waals surface area contributed by atoms with Crippen LogP contribution in [-0.2, 0) is 0 Å². The van der Waals surface area contributed by atoms with E-state index in [-0.39, 0.29) is 17.7 Å². The fraction of sp³-hybridized carbons (Fsp3) is 0.0769. The number of hydrogen-bond acceptors (Lipinski definition) is 6. The van der Waals surface area contributed by atoms with Gasteiger partial charge in [0.25, 0.3) is 5.91 Å². The Balaban J connectivity index is 1.76. The normalized spacial score (nSPS) is 10.6. The van der Waals surface area contributed by atoms with E-state index in [2.05, 4.69) is 20.7 Å². The average Bonchev–Trinajstić information content (AvgIpc) is 3.09. The third-order valence-corrected chi connectivity index (χ3v) is 2.84. The molecular weight excluding hydrogens is 296 g/mol. The highest BCUT2D eigenvalue weighted by Gasteiger charge is 2.16. The number of hydrogen-bond donors (Lipinski definition) is 1. The molecule has 1 aromatic carbocycles. The highest BCUT2D eigenvalue weighted by atomic mass is 35.5. The van der Waals surface area contributed by atoms with Crippen LogP contribution in [0.5, 0.6) is 0 Å². The smallest absolute Gasteiger partial charge is 0.322 e. The fourth-order valence-corrected chi connectivity index (χ4v) is 1.74. The lowest BCUT2D eigenvalue weighted by Gasteiger charge is -1.96. The molecule has 3 aromatic rings. The molecular formula is C13H9ClN4O3. The minimum absolute atomic E-state index is 0.0287. The summed E-state index contributed by atoms with van der Waals surface area (Å²) in [6.45, 7) is 1.71. The number of anilines is 1. The second-order valence-electron chi connectivity index (χ2n) is 4.21. The maximum absolute atomic E-state index is 11.8. The monoisotopic (exact) mass is 304 g/mol. The van der Waals surface area contributed by atoms with Gasteiger partial charge < -0.3 is 8.94 Å². The van der Waals surface area contributed by atoms with Gasteiger partial charge in [-0.2, -0.15) is 0 Å². The molecule has 21 heavy (non-hydrogen) atoms. The summed E-state index contributed by atoms with van der Waals surface area (Å²) in [5.74, 6) is -0.170. The molecule has 2 heterocycles. The van der Waals surface area contributed by atoms with Crippen molar-refractivity contribution in [2.45, 2.75) is 6.92 Å². The predicted octanol–water partition coefficient (Wildman–Crippen LogP) is 2.94. The molecule has 0 unspecified atom stereocenters. The Morgan fingerprint density at radius 1 is 1.24 bits per heavy atom. The van der Waals surface area contributed by atoms with Crippen LogP contribution < -0.4 is 5.32 Å². The zero-order valence-corrected chi connectivity index (χ0v) is 11.6. The van der Waals surface area contributed by atoms with E-state index in [4.69, 9.17) is 20.5 Å². The Labute approximate surface area is 123 Å². The number of aryl methyl sites for hydroxylation is 1. The van der Waals surface area contributed by atoms with Crippen LogP contribution in [0.3, 0.4) is 0 Å². The zero-order valence-electron chi connectivity index (χ0n) is 10.8. The zero-order chi connectivity index (χ0) is 14.8. The topological polar surface area (TPSA) is 94.1 Å². The first-order valence-electron chi connectivity index (χ1n) is 5.96. The van der Waals surface area contributed by atoms with E-state index in [0.29, 0.717) is 16.3 Å². The van der Waals surface area contributed by atoms with E-state index < -0.39 is 5.91 Å². The van der Waals surface area contributed by atoms with Gasteiger partial charge in [0.05, 0.1) is 5.69 Å². The minimum atomic E-state index is -0.512. The van der Waals surface area contributed by atoms with E-state index in [1.165, 1.54) is 6.07 Å². The Bertz CT molecular complexity index is 779. The Hall–Kier alpha value is -2.67. The molecule has 0 aliphatic heterocycles. The number of benzene rings is 1. The molecule has 0 saturated carbocycles. The van der Waals surface area contributed by atoms with Crippen molar-refractivity contribution in [3.63, 3.8) is 0 Å². The summed E-state index contributed by atoms with van der Waals surface area (Å²) in [4.78, 5) is 11.8. The van der Waals surface area contributed by atoms with Crippen LogP contribution in [0.15, 0.2) is 39.3 Å². The maximum atomic E-state index is 11.8. The molecule has 106 valence electrons. The summed E-state index contributed by atoms with van der Waals surface area (Å²) in [5.41, 5.74) is 1.30. The van der Waals surface area contributed by atoms with Crippen molar-refractivity contribution in [1.29, 1.82) is 0 Å². The largest absolute Gasteiger partial charge is 0.403 e. The summed E-state index contributed by atoms with van der Waals surface area (Å²) < 4.78 is 10.2. The predicted molar refractivity (Wildman–Crippen MR) is 73.9 cm³/mol. The van der Waals surface area contributed by atoms with E-state index in [1.54, 1.807) is 31.2 Å². The van der Waals surface area contributed by atoms with E-state index >= 15 is 0 Å². The minimum Gasteiger partial charge on any atom is -0.403 e. The van der Waals surface area contributed by atoms with Crippen molar-refractivity contribution in [2.75, 3.05) is 5.32 Å². The number of amides is 1. The molecule has 7 nitrogen and oxygen atoms in total. The van der Waals surface area contributed by atoms with Crippen molar-refractivity contribution in [3.8, 4) is 11.5 Å². The van der Waals surface area contributed by atoms with Crippen LogP contribution in [0.25, 0.3) is 11.5 Å². The van der Waals surface area contributed by atoms with E-state index in [9.17, 15) is 4.79 Å². The molecule has 0 bridgehead atoms. The third kappa shape index (κ3) is 2.92. The van der Waals surface area contributed by atoms with Gasteiger partial charge in [-0.25, -0.2) is 0 Å². The van der Waals surface area contributed by atoms with Gasteiger partial charge >= 0.3 is 6.01 Å². The lowest BCUT2D eigenvalue weighted by Crippen LogP contribution is -2.11. The average molecular weight is 305 g/mol. The van der Waals surface area contributed by atoms with Gasteiger partial charge in [-0.1, -0.05) is 21.9 Å². The van der Waals surface area contributed by atoms with Gasteiger partial charge in [-0.05, 0) is 31.2 Å². The number of nitrogens with one attached hydrogen (secondary N) is 1. The van der Waals surface area contributed by atoms with Gasteiger partial charge in [0, 0.05) is 16.7 Å². The standard InChI is InChI=1S/C13H9ClN4O3/c1-7-6-10(21-18-7)11(19)15-13-17-16-12(20-13)8-2-4-9(14)5-3-8/h2-6H,1H3,(H,15,17,19). The number of aromatic nitrogens is 3.